The normalized spacial score (nSPS) is 11.5. The first-order valence-corrected chi connectivity index (χ1v) is 4.11. The molecule has 0 amide bonds. The van der Waals surface area contributed by atoms with Crippen molar-refractivity contribution < 1.29 is 0 Å². The summed E-state index contributed by atoms with van der Waals surface area (Å²) in [5.41, 5.74) is 0. The minimum absolute atomic E-state index is 0.106. The SMILES string of the molecule is CCCCC(C#N)CCC#N. The molecule has 0 aliphatic carbocycles. The lowest BCUT2D eigenvalue weighted by Gasteiger charge is -2.03. The van der Waals surface area contributed by atoms with Crippen LogP contribution in [-0.4, -0.2) is 0 Å². The Morgan fingerprint density at radius 2 is 2.00 bits per heavy atom. The van der Waals surface area contributed by atoms with Gasteiger partial charge in [-0.3, -0.25) is 0 Å². The maximum Gasteiger partial charge on any atom is 0.0656 e. The van der Waals surface area contributed by atoms with E-state index in [0.29, 0.717) is 6.42 Å². The fourth-order valence-electron chi connectivity index (χ4n) is 0.963. The number of hydrogen-bond acceptors (Lipinski definition) is 2. The number of rotatable bonds is 5. The van der Waals surface area contributed by atoms with E-state index in [2.05, 4.69) is 19.1 Å². The molecule has 0 N–H and O–H groups in total. The van der Waals surface area contributed by atoms with Crippen LogP contribution in [0.1, 0.15) is 39.0 Å². The third-order valence-corrected chi connectivity index (χ3v) is 1.69. The van der Waals surface area contributed by atoms with Gasteiger partial charge in [0.15, 0.2) is 0 Å². The Bertz CT molecular complexity index is 161. The largest absolute Gasteiger partial charge is 0.198 e. The van der Waals surface area contributed by atoms with Crippen LogP contribution in [0.2, 0.25) is 0 Å². The fourth-order valence-corrected chi connectivity index (χ4v) is 0.963. The van der Waals surface area contributed by atoms with Gasteiger partial charge in [-0.25, -0.2) is 0 Å². The molecule has 0 saturated heterocycles. The molecule has 0 spiro atoms. The number of hydrogen-bond donors (Lipinski definition) is 0. The zero-order valence-corrected chi connectivity index (χ0v) is 7.01. The molecule has 0 aliphatic heterocycles. The first kappa shape index (κ1) is 9.98. The zero-order valence-electron chi connectivity index (χ0n) is 7.01. The quantitative estimate of drug-likeness (QED) is 0.604. The summed E-state index contributed by atoms with van der Waals surface area (Å²) >= 11 is 0. The standard InChI is InChI=1S/C9H14N2/c1-2-3-5-9(8-11)6-4-7-10/h9H,2-6H2,1H3. The molecule has 0 bridgehead atoms. The van der Waals surface area contributed by atoms with Crippen molar-refractivity contribution in [1.82, 2.24) is 0 Å². The molecular weight excluding hydrogens is 136 g/mol. The van der Waals surface area contributed by atoms with E-state index in [4.69, 9.17) is 10.5 Å². The van der Waals surface area contributed by atoms with Gasteiger partial charge in [-0.1, -0.05) is 19.8 Å². The average Bonchev–Trinajstić information content (AvgIpc) is 2.05. The van der Waals surface area contributed by atoms with Crippen molar-refractivity contribution in [2.24, 2.45) is 5.92 Å². The van der Waals surface area contributed by atoms with Gasteiger partial charge in [0.2, 0.25) is 0 Å². The Morgan fingerprint density at radius 1 is 1.27 bits per heavy atom. The van der Waals surface area contributed by atoms with E-state index >= 15 is 0 Å². The van der Waals surface area contributed by atoms with Gasteiger partial charge < -0.3 is 0 Å². The van der Waals surface area contributed by atoms with Gasteiger partial charge in [0, 0.05) is 12.3 Å². The Kier molecular flexibility index (Phi) is 6.43. The summed E-state index contributed by atoms with van der Waals surface area (Å²) in [4.78, 5) is 0. The maximum atomic E-state index is 8.62. The van der Waals surface area contributed by atoms with Crippen molar-refractivity contribution in [2.75, 3.05) is 0 Å². The third kappa shape index (κ3) is 5.43. The second-order valence-corrected chi connectivity index (χ2v) is 2.67. The van der Waals surface area contributed by atoms with Crippen LogP contribution in [0, 0.1) is 28.6 Å². The second kappa shape index (κ2) is 7.09. The van der Waals surface area contributed by atoms with E-state index < -0.39 is 0 Å². The van der Waals surface area contributed by atoms with E-state index in [-0.39, 0.29) is 5.92 Å². The van der Waals surface area contributed by atoms with E-state index in [9.17, 15) is 0 Å². The van der Waals surface area contributed by atoms with Crippen LogP contribution in [0.25, 0.3) is 0 Å². The molecule has 1 unspecified atom stereocenters. The molecule has 0 aromatic carbocycles. The Morgan fingerprint density at radius 3 is 2.45 bits per heavy atom. The van der Waals surface area contributed by atoms with Crippen LogP contribution in [0.5, 0.6) is 0 Å². The molecule has 0 aromatic rings. The topological polar surface area (TPSA) is 47.6 Å². The zero-order chi connectivity index (χ0) is 8.53. The highest BCUT2D eigenvalue weighted by Crippen LogP contribution is 2.12. The summed E-state index contributed by atoms with van der Waals surface area (Å²) in [5, 5.41) is 16.9. The van der Waals surface area contributed by atoms with Crippen molar-refractivity contribution in [3.05, 3.63) is 0 Å². The molecule has 60 valence electrons. The second-order valence-electron chi connectivity index (χ2n) is 2.67. The molecule has 0 heterocycles. The highest BCUT2D eigenvalue weighted by atomic mass is 14.3. The number of unbranched alkanes of at least 4 members (excludes halogenated alkanes) is 1. The van der Waals surface area contributed by atoms with E-state index in [1.165, 1.54) is 0 Å². The van der Waals surface area contributed by atoms with Crippen LogP contribution in [0.15, 0.2) is 0 Å². The summed E-state index contributed by atoms with van der Waals surface area (Å²) in [5.74, 6) is 0.106. The van der Waals surface area contributed by atoms with Gasteiger partial charge in [0.25, 0.3) is 0 Å². The minimum Gasteiger partial charge on any atom is -0.198 e. The van der Waals surface area contributed by atoms with Crippen LogP contribution in [-0.2, 0) is 0 Å². The van der Waals surface area contributed by atoms with Crippen molar-refractivity contribution >= 4 is 0 Å². The Labute approximate surface area is 68.4 Å². The molecule has 2 nitrogen and oxygen atoms in total. The molecular formula is C9H14N2. The Hall–Kier alpha value is -1.02. The Balaban J connectivity index is 3.45. The van der Waals surface area contributed by atoms with Gasteiger partial charge in [-0.05, 0) is 12.8 Å². The predicted molar refractivity (Wildman–Crippen MR) is 43.5 cm³/mol. The van der Waals surface area contributed by atoms with Crippen molar-refractivity contribution in [2.45, 2.75) is 39.0 Å². The molecule has 0 saturated carbocycles. The highest BCUT2D eigenvalue weighted by Gasteiger charge is 2.04. The van der Waals surface area contributed by atoms with Crippen molar-refractivity contribution in [3.63, 3.8) is 0 Å². The fraction of sp³-hybridized carbons (Fsp3) is 0.778. The first-order valence-electron chi connectivity index (χ1n) is 4.11. The molecule has 2 heteroatoms. The molecule has 0 radical (unpaired) electrons. The minimum atomic E-state index is 0.106. The summed E-state index contributed by atoms with van der Waals surface area (Å²) in [6, 6.07) is 4.28. The lowest BCUT2D eigenvalue weighted by molar-refractivity contribution is 0.535. The van der Waals surface area contributed by atoms with Crippen molar-refractivity contribution in [1.29, 1.82) is 10.5 Å². The summed E-state index contributed by atoms with van der Waals surface area (Å²) in [7, 11) is 0. The summed E-state index contributed by atoms with van der Waals surface area (Å²) in [6.45, 7) is 2.11. The van der Waals surface area contributed by atoms with E-state index in [0.717, 1.165) is 25.7 Å². The van der Waals surface area contributed by atoms with Gasteiger partial charge in [0.05, 0.1) is 12.1 Å². The number of nitriles is 2. The lowest BCUT2D eigenvalue weighted by Crippen LogP contribution is -1.95. The summed E-state index contributed by atoms with van der Waals surface area (Å²) < 4.78 is 0. The average molecular weight is 150 g/mol. The van der Waals surface area contributed by atoms with E-state index in [1.807, 2.05) is 0 Å². The highest BCUT2D eigenvalue weighted by molar-refractivity contribution is 4.85. The van der Waals surface area contributed by atoms with Crippen LogP contribution >= 0.6 is 0 Å². The van der Waals surface area contributed by atoms with Crippen molar-refractivity contribution in [3.8, 4) is 12.1 Å². The van der Waals surface area contributed by atoms with Gasteiger partial charge in [-0.2, -0.15) is 10.5 Å². The molecule has 1 atom stereocenters. The van der Waals surface area contributed by atoms with Gasteiger partial charge >= 0.3 is 0 Å². The maximum absolute atomic E-state index is 8.62. The molecule has 0 rings (SSSR count). The molecule has 11 heavy (non-hydrogen) atoms. The first-order chi connectivity index (χ1) is 5.35. The van der Waals surface area contributed by atoms with Crippen LogP contribution in [0.4, 0.5) is 0 Å². The smallest absolute Gasteiger partial charge is 0.0656 e. The van der Waals surface area contributed by atoms with Gasteiger partial charge in [0.1, 0.15) is 0 Å². The predicted octanol–water partition coefficient (Wildman–Crippen LogP) is 2.62. The molecule has 0 aromatic heterocycles. The van der Waals surface area contributed by atoms with E-state index in [1.54, 1.807) is 0 Å². The van der Waals surface area contributed by atoms with Gasteiger partial charge in [-0.15, -0.1) is 0 Å². The molecule has 0 aliphatic rings. The summed E-state index contributed by atoms with van der Waals surface area (Å²) in [6.07, 6.45) is 4.44. The molecule has 0 fully saturated rings. The monoisotopic (exact) mass is 150 g/mol. The lowest BCUT2D eigenvalue weighted by atomic mass is 9.99. The van der Waals surface area contributed by atoms with Crippen LogP contribution in [0.3, 0.4) is 0 Å². The number of nitrogens with zero attached hydrogens (tertiary/aromatic N) is 2. The van der Waals surface area contributed by atoms with Crippen LogP contribution < -0.4 is 0 Å². The third-order valence-electron chi connectivity index (χ3n) is 1.69.